The SMILES string of the molecule is Fc1ccc(F)c(-c2nc(I)no2)c1. The Morgan fingerprint density at radius 2 is 2.07 bits per heavy atom. The summed E-state index contributed by atoms with van der Waals surface area (Å²) in [5, 5.41) is 3.48. The Labute approximate surface area is 91.3 Å². The lowest BCUT2D eigenvalue weighted by Gasteiger charge is -1.96. The molecule has 0 atom stereocenters. The summed E-state index contributed by atoms with van der Waals surface area (Å²) in [7, 11) is 0. The minimum absolute atomic E-state index is 0.0219. The summed E-state index contributed by atoms with van der Waals surface area (Å²) in [6, 6.07) is 3.06. The van der Waals surface area contributed by atoms with Gasteiger partial charge in [-0.25, -0.2) is 8.78 Å². The highest BCUT2D eigenvalue weighted by Crippen LogP contribution is 2.22. The fraction of sp³-hybridized carbons (Fsp3) is 0. The number of aromatic nitrogens is 2. The summed E-state index contributed by atoms with van der Waals surface area (Å²) < 4.78 is 31.0. The van der Waals surface area contributed by atoms with Crippen LogP contribution in [0.15, 0.2) is 22.7 Å². The molecule has 0 amide bonds. The third-order valence-corrected chi connectivity index (χ3v) is 2.00. The lowest BCUT2D eigenvalue weighted by atomic mass is 10.2. The first-order chi connectivity index (χ1) is 6.66. The van der Waals surface area contributed by atoms with Crippen LogP contribution in [0.3, 0.4) is 0 Å². The molecule has 0 aliphatic heterocycles. The average Bonchev–Trinajstić information content (AvgIpc) is 2.56. The summed E-state index contributed by atoms with van der Waals surface area (Å²) in [6.45, 7) is 0. The fourth-order valence-electron chi connectivity index (χ4n) is 0.976. The van der Waals surface area contributed by atoms with Crippen LogP contribution < -0.4 is 0 Å². The van der Waals surface area contributed by atoms with Crippen molar-refractivity contribution in [1.82, 2.24) is 10.1 Å². The molecule has 3 nitrogen and oxygen atoms in total. The molecule has 14 heavy (non-hydrogen) atoms. The maximum absolute atomic E-state index is 13.2. The van der Waals surface area contributed by atoms with Crippen molar-refractivity contribution in [1.29, 1.82) is 0 Å². The largest absolute Gasteiger partial charge is 0.333 e. The van der Waals surface area contributed by atoms with Crippen molar-refractivity contribution in [3.05, 3.63) is 33.7 Å². The van der Waals surface area contributed by atoms with Crippen LogP contribution >= 0.6 is 22.6 Å². The normalized spacial score (nSPS) is 10.5. The molecule has 0 unspecified atom stereocenters. The first-order valence-electron chi connectivity index (χ1n) is 3.61. The van der Waals surface area contributed by atoms with Crippen LogP contribution in [-0.2, 0) is 0 Å². The van der Waals surface area contributed by atoms with Gasteiger partial charge in [0.25, 0.3) is 5.89 Å². The molecule has 0 aliphatic carbocycles. The predicted molar refractivity (Wildman–Crippen MR) is 52.4 cm³/mol. The summed E-state index contributed by atoms with van der Waals surface area (Å²) >= 11 is 1.82. The van der Waals surface area contributed by atoms with Crippen LogP contribution in [0, 0.1) is 15.5 Å². The van der Waals surface area contributed by atoms with Crippen LogP contribution in [-0.4, -0.2) is 10.1 Å². The highest BCUT2D eigenvalue weighted by molar-refractivity contribution is 14.1. The van der Waals surface area contributed by atoms with E-state index in [-0.39, 0.29) is 11.5 Å². The zero-order chi connectivity index (χ0) is 10.1. The molecule has 6 heteroatoms. The van der Waals surface area contributed by atoms with E-state index in [1.807, 2.05) is 22.6 Å². The highest BCUT2D eigenvalue weighted by atomic mass is 127. The quantitative estimate of drug-likeness (QED) is 0.760. The number of benzene rings is 1. The van der Waals surface area contributed by atoms with Gasteiger partial charge in [-0.2, -0.15) is 4.98 Å². The van der Waals surface area contributed by atoms with Crippen molar-refractivity contribution in [2.45, 2.75) is 0 Å². The van der Waals surface area contributed by atoms with Crippen molar-refractivity contribution in [3.63, 3.8) is 0 Å². The maximum Gasteiger partial charge on any atom is 0.261 e. The van der Waals surface area contributed by atoms with Crippen LogP contribution in [0.5, 0.6) is 0 Å². The molecule has 2 rings (SSSR count). The monoisotopic (exact) mass is 308 g/mol. The molecule has 0 radical (unpaired) electrons. The zero-order valence-electron chi connectivity index (χ0n) is 6.67. The van der Waals surface area contributed by atoms with Gasteiger partial charge in [0.15, 0.2) is 0 Å². The van der Waals surface area contributed by atoms with Crippen molar-refractivity contribution in [3.8, 4) is 11.5 Å². The van der Waals surface area contributed by atoms with Gasteiger partial charge >= 0.3 is 0 Å². The Morgan fingerprint density at radius 1 is 1.29 bits per heavy atom. The van der Waals surface area contributed by atoms with Gasteiger partial charge in [0.2, 0.25) is 3.83 Å². The minimum atomic E-state index is -0.591. The molecule has 0 N–H and O–H groups in total. The van der Waals surface area contributed by atoms with Gasteiger partial charge in [0.05, 0.1) is 5.56 Å². The predicted octanol–water partition coefficient (Wildman–Crippen LogP) is 2.62. The molecule has 1 aromatic heterocycles. The molecule has 0 aliphatic rings. The molecule has 1 aromatic carbocycles. The highest BCUT2D eigenvalue weighted by Gasteiger charge is 2.12. The lowest BCUT2D eigenvalue weighted by Crippen LogP contribution is -1.86. The topological polar surface area (TPSA) is 38.9 Å². The van der Waals surface area contributed by atoms with E-state index in [1.54, 1.807) is 0 Å². The number of hydrogen-bond donors (Lipinski definition) is 0. The van der Waals surface area contributed by atoms with E-state index < -0.39 is 11.6 Å². The molecular weight excluding hydrogens is 305 g/mol. The van der Waals surface area contributed by atoms with Crippen molar-refractivity contribution in [2.24, 2.45) is 0 Å². The first-order valence-corrected chi connectivity index (χ1v) is 4.69. The third-order valence-electron chi connectivity index (χ3n) is 1.56. The Morgan fingerprint density at radius 3 is 2.71 bits per heavy atom. The third kappa shape index (κ3) is 1.74. The summed E-state index contributed by atoms with van der Waals surface area (Å²) in [5.41, 5.74) is -0.0274. The van der Waals surface area contributed by atoms with Gasteiger partial charge in [0.1, 0.15) is 11.6 Å². The Kier molecular flexibility index (Phi) is 2.44. The van der Waals surface area contributed by atoms with Gasteiger partial charge in [0, 0.05) is 22.6 Å². The van der Waals surface area contributed by atoms with E-state index in [9.17, 15) is 8.78 Å². The van der Waals surface area contributed by atoms with E-state index in [1.165, 1.54) is 0 Å². The summed E-state index contributed by atoms with van der Waals surface area (Å²) in [5.74, 6) is -1.16. The van der Waals surface area contributed by atoms with E-state index in [0.717, 1.165) is 18.2 Å². The van der Waals surface area contributed by atoms with Gasteiger partial charge in [-0.1, -0.05) is 5.16 Å². The molecule has 2 aromatic rings. The van der Waals surface area contributed by atoms with Crippen molar-refractivity contribution in [2.75, 3.05) is 0 Å². The Balaban J connectivity index is 2.55. The molecule has 0 bridgehead atoms. The Bertz CT molecular complexity index is 472. The second-order valence-corrected chi connectivity index (χ2v) is 3.46. The zero-order valence-corrected chi connectivity index (χ0v) is 8.83. The second-order valence-electron chi connectivity index (χ2n) is 2.49. The average molecular weight is 308 g/mol. The van der Waals surface area contributed by atoms with E-state index in [4.69, 9.17) is 4.52 Å². The van der Waals surface area contributed by atoms with Gasteiger partial charge < -0.3 is 4.52 Å². The van der Waals surface area contributed by atoms with E-state index >= 15 is 0 Å². The number of hydrogen-bond acceptors (Lipinski definition) is 3. The first kappa shape index (κ1) is 9.50. The summed E-state index contributed by atoms with van der Waals surface area (Å²) in [6.07, 6.45) is 0. The standard InChI is InChI=1S/C8H3F2IN2O/c9-4-1-2-6(10)5(3-4)7-12-8(11)13-14-7/h1-3H. The molecular formula is C8H3F2IN2O. The molecule has 0 spiro atoms. The smallest absolute Gasteiger partial charge is 0.261 e. The van der Waals surface area contributed by atoms with E-state index in [0.29, 0.717) is 3.83 Å². The van der Waals surface area contributed by atoms with Crippen LogP contribution in [0.4, 0.5) is 8.78 Å². The van der Waals surface area contributed by atoms with E-state index in [2.05, 4.69) is 10.1 Å². The second kappa shape index (κ2) is 3.60. The van der Waals surface area contributed by atoms with Crippen molar-refractivity contribution < 1.29 is 13.3 Å². The van der Waals surface area contributed by atoms with Crippen LogP contribution in [0.2, 0.25) is 0 Å². The molecule has 0 saturated carbocycles. The molecule has 0 saturated heterocycles. The number of nitrogens with zero attached hydrogens (tertiary/aromatic N) is 2. The van der Waals surface area contributed by atoms with Gasteiger partial charge in [-0.05, 0) is 18.2 Å². The van der Waals surface area contributed by atoms with Gasteiger partial charge in [-0.15, -0.1) is 0 Å². The minimum Gasteiger partial charge on any atom is -0.333 e. The summed E-state index contributed by atoms with van der Waals surface area (Å²) in [4.78, 5) is 3.79. The van der Waals surface area contributed by atoms with Crippen LogP contribution in [0.25, 0.3) is 11.5 Å². The molecule has 1 heterocycles. The molecule has 72 valence electrons. The number of halogens is 3. The number of rotatable bonds is 1. The molecule has 0 fully saturated rings. The fourth-order valence-corrected chi connectivity index (χ4v) is 1.29. The lowest BCUT2D eigenvalue weighted by molar-refractivity contribution is 0.423. The van der Waals surface area contributed by atoms with Gasteiger partial charge in [-0.3, -0.25) is 0 Å². The van der Waals surface area contributed by atoms with Crippen LogP contribution in [0.1, 0.15) is 0 Å². The maximum atomic E-state index is 13.2. The van der Waals surface area contributed by atoms with Crippen molar-refractivity contribution >= 4 is 22.6 Å². The Hall–Kier alpha value is -1.05.